The molecule has 0 saturated carbocycles. The zero-order valence-corrected chi connectivity index (χ0v) is 18.3. The van der Waals surface area contributed by atoms with E-state index >= 15 is 0 Å². The molecule has 0 spiro atoms. The van der Waals surface area contributed by atoms with Gasteiger partial charge in [0.25, 0.3) is 5.78 Å². The molecule has 0 aliphatic carbocycles. The molecule has 1 saturated heterocycles. The minimum absolute atomic E-state index is 0.141. The van der Waals surface area contributed by atoms with Crippen molar-refractivity contribution < 1.29 is 23.6 Å². The summed E-state index contributed by atoms with van der Waals surface area (Å²) in [5.74, 6) is -0.315. The summed E-state index contributed by atoms with van der Waals surface area (Å²) >= 11 is 5.11. The standard InChI is InChI=1S/C22H31NO4S/c1-6-13-23(20(25)19(24)22(3,4)7-2)14-12-17(18(23)21(26)28)15-8-10-16(27-5)11-9-15/h8-11,17-18H,6-7,12-14H2,1-5H3/t17?,18-,23?/m0/s1. The summed E-state index contributed by atoms with van der Waals surface area (Å²) in [6, 6.07) is 6.83. The lowest BCUT2D eigenvalue weighted by Crippen LogP contribution is -2.63. The maximum absolute atomic E-state index is 13.5. The monoisotopic (exact) mass is 405 g/mol. The maximum atomic E-state index is 13.5. The van der Waals surface area contributed by atoms with Crippen LogP contribution in [0.1, 0.15) is 58.4 Å². The largest absolute Gasteiger partial charge is 0.736 e. The number of carbonyl (C=O) groups excluding carboxylic acids is 3. The van der Waals surface area contributed by atoms with Crippen molar-refractivity contribution >= 4 is 29.4 Å². The van der Waals surface area contributed by atoms with Crippen molar-refractivity contribution in [2.75, 3.05) is 20.2 Å². The minimum Gasteiger partial charge on any atom is -0.736 e. The molecule has 154 valence electrons. The summed E-state index contributed by atoms with van der Waals surface area (Å²) in [6.07, 6.45) is 1.91. The molecular formula is C22H31NO4S. The average Bonchev–Trinajstić information content (AvgIpc) is 3.07. The van der Waals surface area contributed by atoms with Crippen LogP contribution in [0.4, 0.5) is 0 Å². The number of hydrogen-bond acceptors (Lipinski definition) is 5. The van der Waals surface area contributed by atoms with Crippen LogP contribution in [0.25, 0.3) is 0 Å². The van der Waals surface area contributed by atoms with Gasteiger partial charge in [-0.1, -0.05) is 39.8 Å². The van der Waals surface area contributed by atoms with Gasteiger partial charge in [0.15, 0.2) is 0 Å². The lowest BCUT2D eigenvalue weighted by atomic mass is 9.83. The Morgan fingerprint density at radius 2 is 1.79 bits per heavy atom. The van der Waals surface area contributed by atoms with Crippen LogP contribution < -0.4 is 4.74 Å². The molecule has 6 heteroatoms. The highest BCUT2D eigenvalue weighted by molar-refractivity contribution is 7.77. The normalized spacial score (nSPS) is 24.8. The highest BCUT2D eigenvalue weighted by atomic mass is 32.1. The van der Waals surface area contributed by atoms with Crippen molar-refractivity contribution in [2.45, 2.75) is 58.9 Å². The molecule has 1 heterocycles. The number of Topliss-reactive ketones (excluding diaryl/α,β-unsaturated/α-hetero) is 1. The number of benzene rings is 1. The first kappa shape index (κ1) is 22.5. The predicted octanol–water partition coefficient (Wildman–Crippen LogP) is 3.38. The zero-order valence-electron chi connectivity index (χ0n) is 17.5. The number of methoxy groups -OCH3 is 1. The van der Waals surface area contributed by atoms with Crippen LogP contribution >= 0.6 is 0 Å². The van der Waals surface area contributed by atoms with E-state index in [-0.39, 0.29) is 10.4 Å². The molecule has 1 amide bonds. The van der Waals surface area contributed by atoms with E-state index < -0.39 is 28.3 Å². The fourth-order valence-electron chi connectivity index (χ4n) is 4.21. The van der Waals surface area contributed by atoms with Crippen molar-refractivity contribution in [1.82, 2.24) is 0 Å². The van der Waals surface area contributed by atoms with E-state index in [0.29, 0.717) is 32.4 Å². The molecule has 0 radical (unpaired) electrons. The summed E-state index contributed by atoms with van der Waals surface area (Å²) in [5, 5.41) is -0.442. The summed E-state index contributed by atoms with van der Waals surface area (Å²) in [4.78, 5) is 39.1. The third kappa shape index (κ3) is 3.98. The Labute approximate surface area is 173 Å². The van der Waals surface area contributed by atoms with Gasteiger partial charge in [0.2, 0.25) is 0 Å². The first-order valence-corrected chi connectivity index (χ1v) is 10.4. The molecule has 3 atom stereocenters. The number of amides is 1. The van der Waals surface area contributed by atoms with Gasteiger partial charge >= 0.3 is 5.91 Å². The summed E-state index contributed by atoms with van der Waals surface area (Å²) in [5.41, 5.74) is 0.207. The van der Waals surface area contributed by atoms with E-state index in [1.807, 2.05) is 38.1 Å². The Balaban J connectivity index is 2.49. The first-order chi connectivity index (χ1) is 13.1. The summed E-state index contributed by atoms with van der Waals surface area (Å²) in [7, 11) is 1.60. The van der Waals surface area contributed by atoms with Crippen LogP contribution in [0.2, 0.25) is 0 Å². The molecule has 5 nitrogen and oxygen atoms in total. The SMILES string of the molecule is CCC[N+]1(C(=O)C(=O)C(C)(C)CC)CCC(c2ccc(OC)cc2)[C@H]1C(=O)[S-]. The highest BCUT2D eigenvalue weighted by Gasteiger charge is 2.57. The molecule has 0 aromatic heterocycles. The third-order valence-electron chi connectivity index (χ3n) is 6.26. The predicted molar refractivity (Wildman–Crippen MR) is 111 cm³/mol. The smallest absolute Gasteiger partial charge is 0.382 e. The van der Waals surface area contributed by atoms with Crippen LogP contribution in [0.15, 0.2) is 24.3 Å². The van der Waals surface area contributed by atoms with Gasteiger partial charge in [0.05, 0.1) is 25.3 Å². The van der Waals surface area contributed by atoms with Gasteiger partial charge in [-0.3, -0.25) is 4.79 Å². The molecule has 1 fully saturated rings. The minimum atomic E-state index is -0.747. The van der Waals surface area contributed by atoms with Gasteiger partial charge in [-0.25, -0.2) is 9.28 Å². The van der Waals surface area contributed by atoms with E-state index in [1.165, 1.54) is 0 Å². The van der Waals surface area contributed by atoms with Gasteiger partial charge in [0, 0.05) is 17.8 Å². The summed E-state index contributed by atoms with van der Waals surface area (Å²) in [6.45, 7) is 8.35. The van der Waals surface area contributed by atoms with Crippen molar-refractivity contribution in [2.24, 2.45) is 5.41 Å². The number of quaternary nitrogens is 1. The quantitative estimate of drug-likeness (QED) is 0.377. The molecule has 2 rings (SSSR count). The Morgan fingerprint density at radius 3 is 2.25 bits per heavy atom. The van der Waals surface area contributed by atoms with Gasteiger partial charge in [0.1, 0.15) is 11.8 Å². The van der Waals surface area contributed by atoms with Crippen LogP contribution in [-0.4, -0.2) is 47.5 Å². The van der Waals surface area contributed by atoms with Crippen LogP contribution in [0.5, 0.6) is 5.75 Å². The maximum Gasteiger partial charge on any atom is 0.382 e. The Morgan fingerprint density at radius 1 is 1.18 bits per heavy atom. The Kier molecular flexibility index (Phi) is 6.99. The lowest BCUT2D eigenvalue weighted by Gasteiger charge is -2.40. The zero-order chi connectivity index (χ0) is 21.1. The molecule has 1 aromatic carbocycles. The molecule has 0 bridgehead atoms. The molecule has 28 heavy (non-hydrogen) atoms. The van der Waals surface area contributed by atoms with Crippen LogP contribution in [-0.2, 0) is 27.0 Å². The highest BCUT2D eigenvalue weighted by Crippen LogP contribution is 2.41. The second-order valence-corrected chi connectivity index (χ2v) is 8.69. The van der Waals surface area contributed by atoms with Crippen LogP contribution in [0, 0.1) is 5.41 Å². The fourth-order valence-corrected chi connectivity index (χ4v) is 4.57. The molecule has 0 N–H and O–H groups in total. The van der Waals surface area contributed by atoms with Gasteiger partial charge in [-0.2, -0.15) is 0 Å². The molecule has 1 aromatic rings. The number of rotatable bonds is 8. The topological polar surface area (TPSA) is 60.4 Å². The van der Waals surface area contributed by atoms with E-state index in [4.69, 9.17) is 17.4 Å². The number of hydrogen-bond donors (Lipinski definition) is 0. The average molecular weight is 406 g/mol. The number of ketones is 1. The van der Waals surface area contributed by atoms with E-state index in [9.17, 15) is 14.4 Å². The van der Waals surface area contributed by atoms with E-state index in [2.05, 4.69) is 0 Å². The lowest BCUT2D eigenvalue weighted by molar-refractivity contribution is -0.854. The number of ether oxygens (including phenoxy) is 1. The first-order valence-electron chi connectivity index (χ1n) is 9.95. The van der Waals surface area contributed by atoms with E-state index in [1.54, 1.807) is 21.0 Å². The van der Waals surface area contributed by atoms with Crippen molar-refractivity contribution in [3.8, 4) is 5.75 Å². The van der Waals surface area contributed by atoms with Crippen molar-refractivity contribution in [1.29, 1.82) is 0 Å². The van der Waals surface area contributed by atoms with E-state index in [0.717, 1.165) is 11.3 Å². The summed E-state index contributed by atoms with van der Waals surface area (Å²) < 4.78 is 5.07. The molecule has 1 aliphatic rings. The van der Waals surface area contributed by atoms with Gasteiger partial charge < -0.3 is 22.2 Å². The molecule has 2 unspecified atom stereocenters. The van der Waals surface area contributed by atoms with Gasteiger partial charge in [-0.05, 0) is 30.5 Å². The van der Waals surface area contributed by atoms with Crippen molar-refractivity contribution in [3.63, 3.8) is 0 Å². The molecule has 1 aliphatic heterocycles. The van der Waals surface area contributed by atoms with Gasteiger partial charge in [-0.15, -0.1) is 0 Å². The number of nitrogens with zero attached hydrogens (tertiary/aromatic N) is 1. The number of carbonyl (C=O) groups is 3. The third-order valence-corrected chi connectivity index (χ3v) is 6.50. The van der Waals surface area contributed by atoms with Crippen molar-refractivity contribution in [3.05, 3.63) is 29.8 Å². The van der Waals surface area contributed by atoms with Crippen LogP contribution in [0.3, 0.4) is 0 Å². The Hall–Kier alpha value is -1.79. The molecular weight excluding hydrogens is 374 g/mol. The Bertz CT molecular complexity index is 743. The number of likely N-dealkylation sites (tertiary alicyclic amines) is 1. The second-order valence-electron chi connectivity index (χ2n) is 8.29. The fraction of sp³-hybridized carbons (Fsp3) is 0.591. The second kappa shape index (κ2) is 8.70.